The quantitative estimate of drug-likeness (QED) is 0.834. The number of nitrogens with zero attached hydrogens (tertiary/aromatic N) is 4. The second kappa shape index (κ2) is 5.05. The van der Waals surface area contributed by atoms with Crippen molar-refractivity contribution >= 4 is 22.5 Å². The molecule has 2 amide bonds. The van der Waals surface area contributed by atoms with E-state index in [1.807, 2.05) is 0 Å². The lowest BCUT2D eigenvalue weighted by Crippen LogP contribution is -2.54. The molecule has 1 aliphatic heterocycles. The predicted octanol–water partition coefficient (Wildman–Crippen LogP) is 2.07. The van der Waals surface area contributed by atoms with E-state index in [1.54, 1.807) is 24.0 Å². The first-order chi connectivity index (χ1) is 8.84. The number of ether oxygens (including phenoxy) is 1. The van der Waals surface area contributed by atoms with Gasteiger partial charge in [0, 0.05) is 32.5 Å². The minimum Gasteiger partial charge on any atom is -0.361 e. The zero-order chi connectivity index (χ0) is 14.2. The van der Waals surface area contributed by atoms with Crippen LogP contribution in [0.15, 0.2) is 0 Å². The lowest BCUT2D eigenvalue weighted by Gasteiger charge is -2.37. The first-order valence-corrected chi connectivity index (χ1v) is 7.07. The van der Waals surface area contributed by atoms with Crippen molar-refractivity contribution in [3.63, 3.8) is 0 Å². The second-order valence-electron chi connectivity index (χ2n) is 5.69. The van der Waals surface area contributed by atoms with E-state index < -0.39 is 0 Å². The monoisotopic (exact) mass is 284 g/mol. The van der Waals surface area contributed by atoms with Gasteiger partial charge in [0.1, 0.15) is 11.2 Å². The smallest absolute Gasteiger partial charge is 0.328 e. The number of aromatic nitrogens is 2. The van der Waals surface area contributed by atoms with Crippen molar-refractivity contribution in [1.82, 2.24) is 15.1 Å². The maximum Gasteiger partial charge on any atom is 0.328 e. The number of urea groups is 1. The molecule has 6 nitrogen and oxygen atoms in total. The predicted molar refractivity (Wildman–Crippen MR) is 74.5 cm³/mol. The largest absolute Gasteiger partial charge is 0.361 e. The number of hydrogen-bond acceptors (Lipinski definition) is 5. The van der Waals surface area contributed by atoms with Gasteiger partial charge in [0.2, 0.25) is 5.13 Å². The molecule has 7 heteroatoms. The van der Waals surface area contributed by atoms with Crippen LogP contribution >= 0.6 is 11.3 Å². The fourth-order valence-corrected chi connectivity index (χ4v) is 2.82. The molecule has 2 heterocycles. The van der Waals surface area contributed by atoms with Gasteiger partial charge in [-0.15, -0.1) is 10.2 Å². The van der Waals surface area contributed by atoms with Gasteiger partial charge in [0.05, 0.1) is 0 Å². The molecule has 0 radical (unpaired) electrons. The van der Waals surface area contributed by atoms with Crippen molar-refractivity contribution < 1.29 is 9.53 Å². The zero-order valence-electron chi connectivity index (χ0n) is 12.0. The molecule has 0 aliphatic carbocycles. The zero-order valence-corrected chi connectivity index (χ0v) is 12.8. The molecule has 0 bridgehead atoms. The minimum absolute atomic E-state index is 0.0662. The average Bonchev–Trinajstić information content (AvgIpc) is 2.81. The lowest BCUT2D eigenvalue weighted by atomic mass is 9.98. The Labute approximate surface area is 117 Å². The highest BCUT2D eigenvalue weighted by Crippen LogP contribution is 2.32. The van der Waals surface area contributed by atoms with Crippen LogP contribution in [0, 0.1) is 0 Å². The summed E-state index contributed by atoms with van der Waals surface area (Å²) in [6.07, 6.45) is 0.507. The van der Waals surface area contributed by atoms with Crippen LogP contribution in [0.4, 0.5) is 9.93 Å². The van der Waals surface area contributed by atoms with Gasteiger partial charge < -0.3 is 9.64 Å². The molecule has 0 N–H and O–H groups in total. The fraction of sp³-hybridized carbons (Fsp3) is 0.750. The molecule has 1 aromatic heterocycles. The standard InChI is InChI=1S/C12H20N4O2S/c1-12(2,3)9-13-14-10(19-9)16-8(18-5)6-7-15(4)11(16)17/h8H,6-7H2,1-5H3. The number of anilines is 1. The van der Waals surface area contributed by atoms with Crippen LogP contribution in [0.3, 0.4) is 0 Å². The lowest BCUT2D eigenvalue weighted by molar-refractivity contribution is 0.0700. The molecule has 19 heavy (non-hydrogen) atoms. The van der Waals surface area contributed by atoms with Crippen molar-refractivity contribution in [2.45, 2.75) is 38.8 Å². The van der Waals surface area contributed by atoms with E-state index >= 15 is 0 Å². The SMILES string of the molecule is COC1CCN(C)C(=O)N1c1nnc(C(C)(C)C)s1. The molecule has 1 atom stereocenters. The summed E-state index contributed by atoms with van der Waals surface area (Å²) in [6.45, 7) is 6.93. The van der Waals surface area contributed by atoms with Crippen molar-refractivity contribution in [3.8, 4) is 0 Å². The topological polar surface area (TPSA) is 58.6 Å². The van der Waals surface area contributed by atoms with Crippen molar-refractivity contribution in [2.75, 3.05) is 25.6 Å². The summed E-state index contributed by atoms with van der Waals surface area (Å²) in [4.78, 5) is 15.5. The van der Waals surface area contributed by atoms with Gasteiger partial charge in [-0.25, -0.2) is 9.69 Å². The molecule has 2 rings (SSSR count). The van der Waals surface area contributed by atoms with E-state index in [2.05, 4.69) is 31.0 Å². The normalized spacial score (nSPS) is 21.1. The summed E-state index contributed by atoms with van der Waals surface area (Å²) in [7, 11) is 3.40. The summed E-state index contributed by atoms with van der Waals surface area (Å²) in [6, 6.07) is -0.0882. The highest BCUT2D eigenvalue weighted by molar-refractivity contribution is 7.15. The Kier molecular flexibility index (Phi) is 3.78. The molecule has 1 aliphatic rings. The number of amides is 2. The average molecular weight is 284 g/mol. The second-order valence-corrected chi connectivity index (χ2v) is 6.65. The van der Waals surface area contributed by atoms with Crippen LogP contribution in [-0.2, 0) is 10.2 Å². The summed E-state index contributed by atoms with van der Waals surface area (Å²) in [5.41, 5.74) is -0.0662. The van der Waals surface area contributed by atoms with Gasteiger partial charge in [-0.1, -0.05) is 32.1 Å². The Balaban J connectivity index is 2.32. The van der Waals surface area contributed by atoms with E-state index in [0.29, 0.717) is 11.7 Å². The Bertz CT molecular complexity index is 469. The molecule has 0 saturated carbocycles. The van der Waals surface area contributed by atoms with E-state index in [1.165, 1.54) is 11.3 Å². The van der Waals surface area contributed by atoms with E-state index in [0.717, 1.165) is 11.4 Å². The first-order valence-electron chi connectivity index (χ1n) is 6.25. The van der Waals surface area contributed by atoms with Crippen LogP contribution in [-0.4, -0.2) is 48.1 Å². The molecular weight excluding hydrogens is 264 g/mol. The van der Waals surface area contributed by atoms with Gasteiger partial charge in [-0.2, -0.15) is 0 Å². The molecule has 1 unspecified atom stereocenters. The highest BCUT2D eigenvalue weighted by atomic mass is 32.1. The molecular formula is C12H20N4O2S. The van der Waals surface area contributed by atoms with E-state index in [-0.39, 0.29) is 17.7 Å². The van der Waals surface area contributed by atoms with Crippen LogP contribution in [0.2, 0.25) is 0 Å². The summed E-state index contributed by atoms with van der Waals surface area (Å²) in [5.74, 6) is 0. The first kappa shape index (κ1) is 14.2. The molecule has 1 fully saturated rings. The van der Waals surface area contributed by atoms with Crippen LogP contribution < -0.4 is 4.90 Å². The molecule has 0 aromatic carbocycles. The van der Waals surface area contributed by atoms with Crippen molar-refractivity contribution in [2.24, 2.45) is 0 Å². The summed E-state index contributed by atoms with van der Waals surface area (Å²) >= 11 is 1.45. The third-order valence-electron chi connectivity index (χ3n) is 3.07. The molecule has 1 saturated heterocycles. The van der Waals surface area contributed by atoms with Gasteiger partial charge in [-0.3, -0.25) is 0 Å². The molecule has 1 aromatic rings. The summed E-state index contributed by atoms with van der Waals surface area (Å²) in [5, 5.41) is 9.87. The molecule has 0 spiro atoms. The number of carbonyl (C=O) groups excluding carboxylic acids is 1. The Morgan fingerprint density at radius 1 is 1.37 bits per heavy atom. The third kappa shape index (κ3) is 2.71. The fourth-order valence-electron chi connectivity index (χ4n) is 1.88. The number of methoxy groups -OCH3 is 1. The number of carbonyl (C=O) groups is 1. The molecule has 106 valence electrons. The highest BCUT2D eigenvalue weighted by Gasteiger charge is 2.35. The van der Waals surface area contributed by atoms with Crippen LogP contribution in [0.25, 0.3) is 0 Å². The van der Waals surface area contributed by atoms with Crippen LogP contribution in [0.1, 0.15) is 32.2 Å². The Morgan fingerprint density at radius 3 is 2.58 bits per heavy atom. The Hall–Kier alpha value is -1.21. The number of hydrogen-bond donors (Lipinski definition) is 0. The van der Waals surface area contributed by atoms with Crippen molar-refractivity contribution in [1.29, 1.82) is 0 Å². The van der Waals surface area contributed by atoms with Gasteiger partial charge in [0.15, 0.2) is 0 Å². The van der Waals surface area contributed by atoms with Crippen molar-refractivity contribution in [3.05, 3.63) is 5.01 Å². The third-order valence-corrected chi connectivity index (χ3v) is 4.41. The maximum atomic E-state index is 12.3. The van der Waals surface area contributed by atoms with Gasteiger partial charge in [-0.05, 0) is 0 Å². The maximum absolute atomic E-state index is 12.3. The Morgan fingerprint density at radius 2 is 2.05 bits per heavy atom. The van der Waals surface area contributed by atoms with Gasteiger partial charge >= 0.3 is 6.03 Å². The van der Waals surface area contributed by atoms with Crippen LogP contribution in [0.5, 0.6) is 0 Å². The summed E-state index contributed by atoms with van der Waals surface area (Å²) < 4.78 is 5.39. The van der Waals surface area contributed by atoms with E-state index in [9.17, 15) is 4.79 Å². The number of rotatable bonds is 2. The van der Waals surface area contributed by atoms with E-state index in [4.69, 9.17) is 4.74 Å². The van der Waals surface area contributed by atoms with Gasteiger partial charge in [0.25, 0.3) is 0 Å². The minimum atomic E-state index is -0.260.